The number of hydrogen-bond donors (Lipinski definition) is 0. The summed E-state index contributed by atoms with van der Waals surface area (Å²) in [5, 5.41) is 0. The van der Waals surface area contributed by atoms with E-state index >= 15 is 0 Å². The van der Waals surface area contributed by atoms with Crippen LogP contribution in [0.1, 0.15) is 14.8 Å². The summed E-state index contributed by atoms with van der Waals surface area (Å²) in [6.07, 6.45) is 0.730. The van der Waals surface area contributed by atoms with Crippen LogP contribution >= 0.6 is 0 Å². The molecule has 0 spiro atoms. The second kappa shape index (κ2) is 11.8. The van der Waals surface area contributed by atoms with Crippen molar-refractivity contribution in [2.24, 2.45) is 0 Å². The van der Waals surface area contributed by atoms with Gasteiger partial charge in [0.05, 0.1) is 18.0 Å². The largest absolute Gasteiger partial charge is 1.00 e. The quantitative estimate of drug-likeness (QED) is 0.321. The molecule has 0 aliphatic heterocycles. The predicted molar refractivity (Wildman–Crippen MR) is 29.9 cm³/mol. The van der Waals surface area contributed by atoms with Gasteiger partial charge in [-0.2, -0.15) is 0 Å². The van der Waals surface area contributed by atoms with Gasteiger partial charge in [-0.1, -0.05) is 6.92 Å². The Morgan fingerprint density at radius 3 is 2.33 bits per heavy atom. The van der Waals surface area contributed by atoms with Gasteiger partial charge < -0.3 is 15.6 Å². The molecule has 9 heavy (non-hydrogen) atoms. The molecule has 0 aromatic carbocycles. The van der Waals surface area contributed by atoms with Gasteiger partial charge in [-0.3, -0.25) is 0 Å². The maximum Gasteiger partial charge on any atom is 1.00 e. The molecule has 0 radical (unpaired) electrons. The third-order valence-electron chi connectivity index (χ3n) is 0.384. The first-order chi connectivity index (χ1) is 3.27. The molecule has 0 saturated carbocycles. The Balaban J connectivity index is -0.0000000600. The fraction of sp³-hybridized carbons (Fsp3) is 1.00. The molecule has 0 amide bonds. The van der Waals surface area contributed by atoms with Crippen LogP contribution in [0.3, 0.4) is 0 Å². The fourth-order valence-corrected chi connectivity index (χ4v) is 0.454. The van der Waals surface area contributed by atoms with Gasteiger partial charge in [0.2, 0.25) is 0 Å². The van der Waals surface area contributed by atoms with Crippen molar-refractivity contribution < 1.29 is 49.4 Å². The van der Waals surface area contributed by atoms with E-state index in [1.54, 1.807) is 0 Å². The Morgan fingerprint density at radius 1 is 1.78 bits per heavy atom. The van der Waals surface area contributed by atoms with Crippen LogP contribution in [0.25, 0.3) is 0 Å². The van der Waals surface area contributed by atoms with E-state index in [-0.39, 0.29) is 43.1 Å². The monoisotopic (exact) mass is 165 g/mol. The predicted octanol–water partition coefficient (Wildman–Crippen LogP) is -3.50. The summed E-state index contributed by atoms with van der Waals surface area (Å²) in [7, 11) is 0. The Bertz CT molecular complexity index is 73.5. The smallest absolute Gasteiger partial charge is 1.00 e. The van der Waals surface area contributed by atoms with Crippen molar-refractivity contribution in [3.8, 4) is 0 Å². The van der Waals surface area contributed by atoms with E-state index < -0.39 is 11.4 Å². The molecule has 0 aromatic rings. The van der Waals surface area contributed by atoms with Gasteiger partial charge in [0.1, 0.15) is 0 Å². The van der Waals surface area contributed by atoms with Crippen molar-refractivity contribution >= 4 is 11.4 Å². The molecule has 6 heteroatoms. The molecule has 54 valence electrons. The van der Waals surface area contributed by atoms with Gasteiger partial charge in [0.15, 0.2) is 0 Å². The van der Waals surface area contributed by atoms with E-state index in [0.717, 1.165) is 6.42 Å². The number of hydrogen-bond acceptors (Lipinski definition) is 3. The minimum atomic E-state index is -2.32. The second-order valence-corrected chi connectivity index (χ2v) is 1.67. The molecule has 0 rings (SSSR count). The van der Waals surface area contributed by atoms with Crippen LogP contribution in [0, 0.1) is 0 Å². The summed E-state index contributed by atoms with van der Waals surface area (Å²) in [5.41, 5.74) is 0. The van der Waals surface area contributed by atoms with Gasteiger partial charge in [-0.15, -0.1) is 0 Å². The van der Waals surface area contributed by atoms with Crippen LogP contribution in [0.2, 0.25) is 0 Å². The summed E-state index contributed by atoms with van der Waals surface area (Å²) >= 11 is -2.32. The van der Waals surface area contributed by atoms with Crippen molar-refractivity contribution in [2.75, 3.05) is 6.61 Å². The molecule has 0 fully saturated rings. The van der Waals surface area contributed by atoms with E-state index in [1.807, 2.05) is 6.92 Å². The molecule has 0 aliphatic rings. The van der Waals surface area contributed by atoms with Gasteiger partial charge in [0, 0.05) is 0 Å². The van der Waals surface area contributed by atoms with Gasteiger partial charge in [-0.25, -0.2) is 4.21 Å². The van der Waals surface area contributed by atoms with Crippen LogP contribution in [0.15, 0.2) is 0 Å². The van der Waals surface area contributed by atoms with Crippen LogP contribution in [-0.4, -0.2) is 20.8 Å². The van der Waals surface area contributed by atoms with Gasteiger partial charge in [0.25, 0.3) is 0 Å². The van der Waals surface area contributed by atoms with E-state index in [1.165, 1.54) is 0 Å². The normalized spacial score (nSPS) is 10.9. The van der Waals surface area contributed by atoms with E-state index in [9.17, 15) is 8.76 Å². The first-order valence-corrected chi connectivity index (χ1v) is 3.00. The Labute approximate surface area is 80.5 Å². The molecular formula is C3H10NaO4S-. The summed E-state index contributed by atoms with van der Waals surface area (Å²) in [5.74, 6) is 0. The van der Waals surface area contributed by atoms with Crippen LogP contribution in [0.5, 0.6) is 0 Å². The van der Waals surface area contributed by atoms with Crippen molar-refractivity contribution in [1.29, 1.82) is 0 Å². The van der Waals surface area contributed by atoms with E-state index in [0.29, 0.717) is 0 Å². The third-order valence-corrected chi connectivity index (χ3v) is 0.743. The average Bonchev–Trinajstić information content (AvgIpc) is 1.61. The molecule has 0 aromatic heterocycles. The Hall–Kier alpha value is 1.03. The topological polar surface area (TPSA) is 80.9 Å². The molecular weight excluding hydrogens is 155 g/mol. The van der Waals surface area contributed by atoms with Gasteiger partial charge in [-0.05, 0) is 6.42 Å². The SMILES string of the molecule is CCCOS(=O)[O-].O.[H-].[Na+]. The van der Waals surface area contributed by atoms with Crippen molar-refractivity contribution in [2.45, 2.75) is 13.3 Å². The van der Waals surface area contributed by atoms with Gasteiger partial charge >= 0.3 is 29.6 Å². The average molecular weight is 165 g/mol. The molecule has 2 N–H and O–H groups in total. The molecule has 0 saturated heterocycles. The standard InChI is InChI=1S/C3H8O3S.Na.H2O.H/c1-2-3-6-7(4)5;;;/h2-3H2,1H3,(H,4,5);;1H2;/q;+1;;-1/p-1. The summed E-state index contributed by atoms with van der Waals surface area (Å²) < 4.78 is 23.2. The second-order valence-electron chi connectivity index (χ2n) is 1.03. The Morgan fingerprint density at radius 2 is 2.22 bits per heavy atom. The fourth-order valence-electron chi connectivity index (χ4n) is 0.151. The molecule has 0 heterocycles. The third kappa shape index (κ3) is 17.6. The zero-order valence-corrected chi connectivity index (χ0v) is 8.36. The first kappa shape index (κ1) is 16.5. The van der Waals surface area contributed by atoms with E-state index in [2.05, 4.69) is 4.18 Å². The van der Waals surface area contributed by atoms with Crippen LogP contribution < -0.4 is 29.6 Å². The maximum absolute atomic E-state index is 9.54. The minimum absolute atomic E-state index is 0. The van der Waals surface area contributed by atoms with E-state index in [4.69, 9.17) is 0 Å². The first-order valence-electron chi connectivity index (χ1n) is 2.00. The maximum atomic E-state index is 9.54. The minimum Gasteiger partial charge on any atom is -1.00 e. The van der Waals surface area contributed by atoms with Crippen molar-refractivity contribution in [3.05, 3.63) is 0 Å². The van der Waals surface area contributed by atoms with Crippen molar-refractivity contribution in [3.63, 3.8) is 0 Å². The summed E-state index contributed by atoms with van der Waals surface area (Å²) in [6.45, 7) is 2.13. The molecule has 4 nitrogen and oxygen atoms in total. The zero-order chi connectivity index (χ0) is 5.70. The Kier molecular flexibility index (Phi) is 21.7. The molecule has 0 aliphatic carbocycles. The van der Waals surface area contributed by atoms with Crippen LogP contribution in [0.4, 0.5) is 0 Å². The molecule has 0 bridgehead atoms. The number of rotatable bonds is 3. The van der Waals surface area contributed by atoms with Crippen molar-refractivity contribution in [1.82, 2.24) is 0 Å². The molecule has 1 unspecified atom stereocenters. The summed E-state index contributed by atoms with van der Waals surface area (Å²) in [4.78, 5) is 0. The zero-order valence-electron chi connectivity index (χ0n) is 6.55. The molecule has 1 atom stereocenters. The van der Waals surface area contributed by atoms with Crippen LogP contribution in [-0.2, 0) is 15.5 Å². The summed E-state index contributed by atoms with van der Waals surface area (Å²) in [6, 6.07) is 0.